The Hall–Kier alpha value is -3.33. The van der Waals surface area contributed by atoms with Crippen LogP contribution in [0.5, 0.6) is 0 Å². The van der Waals surface area contributed by atoms with E-state index >= 15 is 0 Å². The normalized spacial score (nSPS) is 10.4. The van der Waals surface area contributed by atoms with E-state index in [-0.39, 0.29) is 16.9 Å². The van der Waals surface area contributed by atoms with Gasteiger partial charge in [0.05, 0.1) is 11.8 Å². The predicted octanol–water partition coefficient (Wildman–Crippen LogP) is 2.16. The molecule has 0 amide bonds. The van der Waals surface area contributed by atoms with Gasteiger partial charge < -0.3 is 14.7 Å². The van der Waals surface area contributed by atoms with Crippen molar-refractivity contribution in [3.05, 3.63) is 58.7 Å². The van der Waals surface area contributed by atoms with Crippen molar-refractivity contribution >= 4 is 5.82 Å². The van der Waals surface area contributed by atoms with Crippen LogP contribution in [-0.4, -0.2) is 9.55 Å². The van der Waals surface area contributed by atoms with Crippen molar-refractivity contribution in [2.24, 2.45) is 7.05 Å². The van der Waals surface area contributed by atoms with Crippen molar-refractivity contribution in [1.82, 2.24) is 9.55 Å². The first kappa shape index (κ1) is 13.6. The van der Waals surface area contributed by atoms with Crippen molar-refractivity contribution in [3.63, 3.8) is 0 Å². The van der Waals surface area contributed by atoms with E-state index in [0.717, 1.165) is 5.56 Å². The van der Waals surface area contributed by atoms with Gasteiger partial charge in [-0.3, -0.25) is 4.79 Å². The molecule has 0 saturated carbocycles. The highest BCUT2D eigenvalue weighted by molar-refractivity contribution is 5.81. The van der Waals surface area contributed by atoms with E-state index in [1.54, 1.807) is 37.5 Å². The summed E-state index contributed by atoms with van der Waals surface area (Å²) in [5, 5.41) is 9.16. The van der Waals surface area contributed by atoms with E-state index in [0.29, 0.717) is 17.0 Å². The number of hydrogen-bond acceptors (Lipinski definition) is 5. The molecule has 2 N–H and O–H groups in total. The second-order valence-electron chi connectivity index (χ2n) is 4.77. The molecular weight excluding hydrogens is 280 g/mol. The lowest BCUT2D eigenvalue weighted by Gasteiger charge is -2.10. The monoisotopic (exact) mass is 292 g/mol. The molecule has 6 heteroatoms. The summed E-state index contributed by atoms with van der Waals surface area (Å²) >= 11 is 0. The number of anilines is 1. The third kappa shape index (κ3) is 2.25. The van der Waals surface area contributed by atoms with Crippen molar-refractivity contribution < 1.29 is 4.42 Å². The molecule has 22 heavy (non-hydrogen) atoms. The highest BCUT2D eigenvalue weighted by Gasteiger charge is 2.15. The third-order valence-corrected chi connectivity index (χ3v) is 3.32. The van der Waals surface area contributed by atoms with Crippen molar-refractivity contribution in [3.8, 4) is 28.7 Å². The Morgan fingerprint density at radius 1 is 1.36 bits per heavy atom. The zero-order valence-corrected chi connectivity index (χ0v) is 11.8. The van der Waals surface area contributed by atoms with E-state index in [1.807, 2.05) is 6.07 Å². The highest BCUT2D eigenvalue weighted by atomic mass is 16.3. The summed E-state index contributed by atoms with van der Waals surface area (Å²) in [6.07, 6.45) is 3.22. The summed E-state index contributed by atoms with van der Waals surface area (Å²) < 4.78 is 6.86. The lowest BCUT2D eigenvalue weighted by molar-refractivity contribution is 0.580. The molecule has 3 aromatic rings. The van der Waals surface area contributed by atoms with E-state index in [2.05, 4.69) is 4.98 Å². The van der Waals surface area contributed by atoms with Gasteiger partial charge in [-0.1, -0.05) is 0 Å². The Morgan fingerprint density at radius 2 is 2.18 bits per heavy atom. The quantitative estimate of drug-likeness (QED) is 0.780. The topological polar surface area (TPSA) is 97.8 Å². The SMILES string of the molecule is Cn1cc(-c2cc(C#N)c(N)nc2-c2ccco2)ccc1=O. The molecule has 0 aromatic carbocycles. The van der Waals surface area contributed by atoms with Gasteiger partial charge >= 0.3 is 0 Å². The van der Waals surface area contributed by atoms with Gasteiger partial charge in [-0.15, -0.1) is 0 Å². The smallest absolute Gasteiger partial charge is 0.250 e. The maximum Gasteiger partial charge on any atom is 0.250 e. The van der Waals surface area contributed by atoms with Gasteiger partial charge in [0.2, 0.25) is 5.56 Å². The number of nitrogens with zero attached hydrogens (tertiary/aromatic N) is 3. The van der Waals surface area contributed by atoms with Crippen LogP contribution in [0.2, 0.25) is 0 Å². The van der Waals surface area contributed by atoms with Crippen LogP contribution < -0.4 is 11.3 Å². The van der Waals surface area contributed by atoms with Gasteiger partial charge in [0.1, 0.15) is 17.6 Å². The van der Waals surface area contributed by atoms with Crippen LogP contribution in [0, 0.1) is 11.3 Å². The molecule has 0 aliphatic heterocycles. The zero-order valence-electron chi connectivity index (χ0n) is 11.8. The number of aryl methyl sites for hydroxylation is 1. The molecule has 3 heterocycles. The molecule has 0 aliphatic rings. The standard InChI is InChI=1S/C16H12N4O2/c1-20-9-10(4-5-14(20)21)12-7-11(8-17)16(18)19-15(12)13-3-2-6-22-13/h2-7,9H,1H3,(H2,18,19). The van der Waals surface area contributed by atoms with Crippen molar-refractivity contribution in [2.45, 2.75) is 0 Å². The minimum Gasteiger partial charge on any atom is -0.463 e. The van der Waals surface area contributed by atoms with Crippen molar-refractivity contribution in [2.75, 3.05) is 5.73 Å². The molecule has 0 unspecified atom stereocenters. The summed E-state index contributed by atoms with van der Waals surface area (Å²) in [5.41, 5.74) is 7.92. The third-order valence-electron chi connectivity index (χ3n) is 3.32. The Bertz CT molecular complexity index is 934. The molecule has 3 aromatic heterocycles. The van der Waals surface area contributed by atoms with Gasteiger partial charge in [0.25, 0.3) is 0 Å². The Balaban J connectivity index is 2.31. The van der Waals surface area contributed by atoms with Gasteiger partial charge in [0, 0.05) is 30.4 Å². The first-order chi connectivity index (χ1) is 10.6. The number of nitriles is 1. The second-order valence-corrected chi connectivity index (χ2v) is 4.77. The Kier molecular flexibility index (Phi) is 3.24. The molecule has 6 nitrogen and oxygen atoms in total. The molecule has 0 spiro atoms. The highest BCUT2D eigenvalue weighted by Crippen LogP contribution is 2.32. The molecule has 0 aliphatic carbocycles. The fourth-order valence-corrected chi connectivity index (χ4v) is 2.19. The number of aromatic nitrogens is 2. The summed E-state index contributed by atoms with van der Waals surface area (Å²) in [4.78, 5) is 15.8. The zero-order chi connectivity index (χ0) is 15.7. The Morgan fingerprint density at radius 3 is 2.82 bits per heavy atom. The lowest BCUT2D eigenvalue weighted by Crippen LogP contribution is -2.14. The number of nitrogens with two attached hydrogens (primary N) is 1. The molecule has 0 atom stereocenters. The van der Waals surface area contributed by atoms with Gasteiger partial charge in [-0.25, -0.2) is 4.98 Å². The summed E-state index contributed by atoms with van der Waals surface area (Å²) in [5.74, 6) is 0.683. The summed E-state index contributed by atoms with van der Waals surface area (Å²) in [7, 11) is 1.66. The molecule has 0 radical (unpaired) electrons. The first-order valence-corrected chi connectivity index (χ1v) is 6.51. The molecule has 0 fully saturated rings. The van der Waals surface area contributed by atoms with Crippen LogP contribution in [0.15, 0.2) is 52.0 Å². The average molecular weight is 292 g/mol. The van der Waals surface area contributed by atoms with Crippen LogP contribution in [0.25, 0.3) is 22.6 Å². The number of pyridine rings is 2. The van der Waals surface area contributed by atoms with Gasteiger partial charge in [-0.05, 0) is 24.3 Å². The van der Waals surface area contributed by atoms with Crippen LogP contribution in [0.4, 0.5) is 5.82 Å². The van der Waals surface area contributed by atoms with Crippen LogP contribution in [0.1, 0.15) is 5.56 Å². The largest absolute Gasteiger partial charge is 0.463 e. The molecule has 3 rings (SSSR count). The maximum absolute atomic E-state index is 11.5. The van der Waals surface area contributed by atoms with Crippen LogP contribution >= 0.6 is 0 Å². The maximum atomic E-state index is 11.5. The molecular formula is C16H12N4O2. The summed E-state index contributed by atoms with van der Waals surface area (Å²) in [6.45, 7) is 0. The van der Waals surface area contributed by atoms with E-state index in [4.69, 9.17) is 15.4 Å². The number of nitrogen functional groups attached to an aromatic ring is 1. The summed E-state index contributed by atoms with van der Waals surface area (Å²) in [6, 6.07) is 10.3. The predicted molar refractivity (Wildman–Crippen MR) is 81.7 cm³/mol. The fourth-order valence-electron chi connectivity index (χ4n) is 2.19. The van der Waals surface area contributed by atoms with Crippen LogP contribution in [0.3, 0.4) is 0 Å². The van der Waals surface area contributed by atoms with Crippen molar-refractivity contribution in [1.29, 1.82) is 5.26 Å². The Labute approximate surface area is 126 Å². The fraction of sp³-hybridized carbons (Fsp3) is 0.0625. The van der Waals surface area contributed by atoms with E-state index < -0.39 is 0 Å². The average Bonchev–Trinajstić information content (AvgIpc) is 3.04. The number of furan rings is 1. The van der Waals surface area contributed by atoms with Gasteiger partial charge in [-0.2, -0.15) is 5.26 Å². The van der Waals surface area contributed by atoms with Gasteiger partial charge in [0.15, 0.2) is 5.76 Å². The lowest BCUT2D eigenvalue weighted by atomic mass is 10.0. The van der Waals surface area contributed by atoms with Crippen LogP contribution in [-0.2, 0) is 7.05 Å². The second kappa shape index (κ2) is 5.22. The molecule has 0 saturated heterocycles. The first-order valence-electron chi connectivity index (χ1n) is 6.51. The minimum absolute atomic E-state index is 0.118. The molecule has 108 valence electrons. The molecule has 0 bridgehead atoms. The number of rotatable bonds is 2. The van der Waals surface area contributed by atoms with E-state index in [9.17, 15) is 4.79 Å². The number of hydrogen-bond donors (Lipinski definition) is 1. The van der Waals surface area contributed by atoms with E-state index in [1.165, 1.54) is 16.9 Å². The minimum atomic E-state index is -0.118.